The van der Waals surface area contributed by atoms with Gasteiger partial charge in [0.2, 0.25) is 0 Å². The van der Waals surface area contributed by atoms with E-state index in [0.29, 0.717) is 11.4 Å². The highest BCUT2D eigenvalue weighted by atomic mass is 35.5. The van der Waals surface area contributed by atoms with Crippen molar-refractivity contribution in [3.05, 3.63) is 34.9 Å². The maximum absolute atomic E-state index is 8.68. The molecule has 0 aliphatic carbocycles. The van der Waals surface area contributed by atoms with Crippen molar-refractivity contribution >= 4 is 11.6 Å². The molecule has 13 heavy (non-hydrogen) atoms. The lowest BCUT2D eigenvalue weighted by Crippen LogP contribution is -1.83. The summed E-state index contributed by atoms with van der Waals surface area (Å²) in [5.41, 5.74) is 2.54. The number of hydrogen-bond donors (Lipinski definition) is 0. The maximum atomic E-state index is 8.68. The molecule has 2 heteroatoms. The molecule has 0 fully saturated rings. The molecule has 0 saturated carbocycles. The predicted octanol–water partition coefficient (Wildman–Crippen LogP) is 2.46. The molecular formula is C11H8ClN. The van der Waals surface area contributed by atoms with Crippen LogP contribution in [0.1, 0.15) is 16.7 Å². The van der Waals surface area contributed by atoms with Gasteiger partial charge in [0.1, 0.15) is 0 Å². The lowest BCUT2D eigenvalue weighted by Gasteiger charge is -1.96. The van der Waals surface area contributed by atoms with Gasteiger partial charge in [0.05, 0.1) is 17.5 Å². The van der Waals surface area contributed by atoms with E-state index in [9.17, 15) is 0 Å². The molecule has 0 N–H and O–H groups in total. The Morgan fingerprint density at radius 3 is 2.77 bits per heavy atom. The Kier molecular flexibility index (Phi) is 3.38. The zero-order chi connectivity index (χ0) is 9.68. The van der Waals surface area contributed by atoms with Crippen molar-refractivity contribution in [3.63, 3.8) is 0 Å². The number of rotatable bonds is 0. The van der Waals surface area contributed by atoms with Gasteiger partial charge in [-0.2, -0.15) is 5.26 Å². The molecule has 0 unspecified atom stereocenters. The molecule has 0 heterocycles. The summed E-state index contributed by atoms with van der Waals surface area (Å²) in [7, 11) is 0. The topological polar surface area (TPSA) is 23.8 Å². The van der Waals surface area contributed by atoms with E-state index in [4.69, 9.17) is 16.9 Å². The van der Waals surface area contributed by atoms with Gasteiger partial charge >= 0.3 is 0 Å². The van der Waals surface area contributed by atoms with Gasteiger partial charge < -0.3 is 0 Å². The number of halogens is 1. The molecule has 0 bridgehead atoms. The number of benzene rings is 1. The smallest absolute Gasteiger partial charge is 0.0994 e. The predicted molar refractivity (Wildman–Crippen MR) is 53.5 cm³/mol. The zero-order valence-corrected chi connectivity index (χ0v) is 8.02. The standard InChI is InChI=1S/C11H8ClN/c1-9-7-10(3-2-6-12)4-5-11(9)8-13/h4-5,7H,6H2,1H3. The van der Waals surface area contributed by atoms with Gasteiger partial charge in [-0.15, -0.1) is 11.6 Å². The molecule has 0 amide bonds. The summed E-state index contributed by atoms with van der Waals surface area (Å²) in [6, 6.07) is 7.59. The zero-order valence-electron chi connectivity index (χ0n) is 7.26. The first-order chi connectivity index (χ1) is 6.27. The summed E-state index contributed by atoms with van der Waals surface area (Å²) in [4.78, 5) is 0. The second-order valence-corrected chi connectivity index (χ2v) is 2.84. The summed E-state index contributed by atoms with van der Waals surface area (Å²) in [5, 5.41) is 8.68. The van der Waals surface area contributed by atoms with Gasteiger partial charge in [-0.1, -0.05) is 11.8 Å². The molecule has 1 aromatic carbocycles. The van der Waals surface area contributed by atoms with Crippen LogP contribution in [0, 0.1) is 30.1 Å². The van der Waals surface area contributed by atoms with Crippen LogP contribution in [0.15, 0.2) is 18.2 Å². The molecule has 0 spiro atoms. The van der Waals surface area contributed by atoms with Crippen LogP contribution < -0.4 is 0 Å². The summed E-state index contributed by atoms with van der Waals surface area (Å²) >= 11 is 5.42. The highest BCUT2D eigenvalue weighted by Gasteiger charge is 1.95. The third-order valence-corrected chi connectivity index (χ3v) is 1.78. The van der Waals surface area contributed by atoms with Crippen LogP contribution in [0.5, 0.6) is 0 Å². The first kappa shape index (κ1) is 9.65. The lowest BCUT2D eigenvalue weighted by atomic mass is 10.1. The Morgan fingerprint density at radius 1 is 1.46 bits per heavy atom. The number of aryl methyl sites for hydroxylation is 1. The number of nitriles is 1. The average molecular weight is 190 g/mol. The number of nitrogens with zero attached hydrogens (tertiary/aromatic N) is 1. The summed E-state index contributed by atoms with van der Waals surface area (Å²) < 4.78 is 0. The monoisotopic (exact) mass is 189 g/mol. The van der Waals surface area contributed by atoms with Crippen molar-refractivity contribution in [1.29, 1.82) is 5.26 Å². The van der Waals surface area contributed by atoms with Gasteiger partial charge in [-0.25, -0.2) is 0 Å². The molecule has 64 valence electrons. The average Bonchev–Trinajstić information content (AvgIpc) is 2.15. The van der Waals surface area contributed by atoms with Crippen LogP contribution in [0.2, 0.25) is 0 Å². The van der Waals surface area contributed by atoms with E-state index >= 15 is 0 Å². The van der Waals surface area contributed by atoms with Crippen LogP contribution in [-0.2, 0) is 0 Å². The minimum atomic E-state index is 0.332. The van der Waals surface area contributed by atoms with Crippen molar-refractivity contribution in [1.82, 2.24) is 0 Å². The maximum Gasteiger partial charge on any atom is 0.0994 e. The highest BCUT2D eigenvalue weighted by Crippen LogP contribution is 2.08. The third-order valence-electron chi connectivity index (χ3n) is 1.65. The fourth-order valence-corrected chi connectivity index (χ4v) is 1.07. The molecule has 1 aromatic rings. The Morgan fingerprint density at radius 2 is 2.23 bits per heavy atom. The van der Waals surface area contributed by atoms with E-state index in [0.717, 1.165) is 11.1 Å². The van der Waals surface area contributed by atoms with E-state index in [2.05, 4.69) is 17.9 Å². The van der Waals surface area contributed by atoms with Crippen LogP contribution in [0.25, 0.3) is 0 Å². The molecular weight excluding hydrogens is 182 g/mol. The summed E-state index contributed by atoms with van der Waals surface area (Å²) in [5.74, 6) is 5.99. The second kappa shape index (κ2) is 4.55. The Balaban J connectivity index is 3.04. The van der Waals surface area contributed by atoms with E-state index in [1.807, 2.05) is 19.1 Å². The van der Waals surface area contributed by atoms with Crippen LogP contribution in [0.3, 0.4) is 0 Å². The molecule has 0 atom stereocenters. The van der Waals surface area contributed by atoms with Crippen molar-refractivity contribution in [2.24, 2.45) is 0 Å². The first-order valence-corrected chi connectivity index (χ1v) is 4.37. The largest absolute Gasteiger partial charge is 0.192 e. The first-order valence-electron chi connectivity index (χ1n) is 3.83. The Bertz CT molecular complexity index is 404. The third kappa shape index (κ3) is 2.51. The normalized spacial score (nSPS) is 8.38. The van der Waals surface area contributed by atoms with E-state index in [-0.39, 0.29) is 0 Å². The molecule has 0 aliphatic heterocycles. The van der Waals surface area contributed by atoms with E-state index in [1.165, 1.54) is 0 Å². The van der Waals surface area contributed by atoms with Gasteiger partial charge in [-0.3, -0.25) is 0 Å². The van der Waals surface area contributed by atoms with Crippen molar-refractivity contribution in [2.75, 3.05) is 5.88 Å². The molecule has 0 aromatic heterocycles. The fourth-order valence-electron chi connectivity index (χ4n) is 1.00. The SMILES string of the molecule is Cc1cc(C#CCCl)ccc1C#N. The van der Waals surface area contributed by atoms with Crippen molar-refractivity contribution in [2.45, 2.75) is 6.92 Å². The summed E-state index contributed by atoms with van der Waals surface area (Å²) in [6.07, 6.45) is 0. The number of alkyl halides is 1. The minimum absolute atomic E-state index is 0.332. The quantitative estimate of drug-likeness (QED) is 0.454. The van der Waals surface area contributed by atoms with E-state index < -0.39 is 0 Å². The van der Waals surface area contributed by atoms with Gasteiger partial charge in [-0.05, 0) is 30.7 Å². The molecule has 1 rings (SSSR count). The Hall–Kier alpha value is -1.44. The van der Waals surface area contributed by atoms with Crippen molar-refractivity contribution in [3.8, 4) is 17.9 Å². The minimum Gasteiger partial charge on any atom is -0.192 e. The molecule has 0 saturated heterocycles. The fraction of sp³-hybridized carbons (Fsp3) is 0.182. The second-order valence-electron chi connectivity index (χ2n) is 2.58. The highest BCUT2D eigenvalue weighted by molar-refractivity contribution is 6.19. The molecule has 1 nitrogen and oxygen atoms in total. The van der Waals surface area contributed by atoms with Crippen LogP contribution >= 0.6 is 11.6 Å². The lowest BCUT2D eigenvalue weighted by molar-refractivity contribution is 1.38. The number of hydrogen-bond acceptors (Lipinski definition) is 1. The molecule has 0 aliphatic rings. The van der Waals surface area contributed by atoms with Gasteiger partial charge in [0.15, 0.2) is 0 Å². The van der Waals surface area contributed by atoms with E-state index in [1.54, 1.807) is 6.07 Å². The van der Waals surface area contributed by atoms with Crippen LogP contribution in [-0.4, -0.2) is 5.88 Å². The van der Waals surface area contributed by atoms with Gasteiger partial charge in [0, 0.05) is 5.56 Å². The Labute approximate surface area is 83.0 Å². The van der Waals surface area contributed by atoms with Crippen molar-refractivity contribution < 1.29 is 0 Å². The van der Waals surface area contributed by atoms with Gasteiger partial charge in [0.25, 0.3) is 0 Å². The summed E-state index contributed by atoms with van der Waals surface area (Å²) in [6.45, 7) is 1.89. The molecule has 0 radical (unpaired) electrons. The van der Waals surface area contributed by atoms with Crippen LogP contribution in [0.4, 0.5) is 0 Å².